The molecule has 0 heterocycles. The Labute approximate surface area is 293 Å². The number of nitrogens with zero attached hydrogens (tertiary/aromatic N) is 2. The average Bonchev–Trinajstić information content (AvgIpc) is 3.56. The molecule has 2 amide bonds. The maximum absolute atomic E-state index is 14.7. The smallest absolute Gasteiger partial charge is 0.264 e. The van der Waals surface area contributed by atoms with Crippen LogP contribution in [0.25, 0.3) is 0 Å². The molecule has 4 aromatic carbocycles. The average molecular weight is 707 g/mol. The van der Waals surface area contributed by atoms with Gasteiger partial charge in [0.25, 0.3) is 10.0 Å². The molecule has 0 bridgehead atoms. The molecule has 1 aliphatic rings. The number of hydrogen-bond acceptors (Lipinski definition) is 4. The second-order valence-corrected chi connectivity index (χ2v) is 15.3. The third-order valence-corrected chi connectivity index (χ3v) is 11.2. The van der Waals surface area contributed by atoms with E-state index in [2.05, 4.69) is 5.32 Å². The Morgan fingerprint density at radius 2 is 1.44 bits per heavy atom. The van der Waals surface area contributed by atoms with Crippen LogP contribution in [0.1, 0.15) is 53.5 Å². The van der Waals surface area contributed by atoms with E-state index in [-0.39, 0.29) is 29.8 Å². The molecule has 1 atom stereocenters. The molecule has 4 aromatic rings. The molecular formula is C38H41Cl2N3O4S. The van der Waals surface area contributed by atoms with Gasteiger partial charge in [-0.05, 0) is 92.3 Å². The van der Waals surface area contributed by atoms with E-state index >= 15 is 0 Å². The normalized spacial score (nSPS) is 14.0. The van der Waals surface area contributed by atoms with Gasteiger partial charge < -0.3 is 10.2 Å². The van der Waals surface area contributed by atoms with Crippen LogP contribution in [0.2, 0.25) is 10.0 Å². The monoisotopic (exact) mass is 705 g/mol. The van der Waals surface area contributed by atoms with Gasteiger partial charge in [0.05, 0.1) is 20.6 Å². The van der Waals surface area contributed by atoms with Crippen molar-refractivity contribution in [1.82, 2.24) is 10.2 Å². The lowest BCUT2D eigenvalue weighted by molar-refractivity contribution is -0.140. The minimum absolute atomic E-state index is 0.0105. The lowest BCUT2D eigenvalue weighted by atomic mass is 10.0. The Balaban J connectivity index is 1.59. The van der Waals surface area contributed by atoms with E-state index < -0.39 is 28.5 Å². The number of hydrogen-bond donors (Lipinski definition) is 1. The topological polar surface area (TPSA) is 86.8 Å². The van der Waals surface area contributed by atoms with Gasteiger partial charge >= 0.3 is 0 Å². The van der Waals surface area contributed by atoms with Crippen LogP contribution in [0.3, 0.4) is 0 Å². The predicted molar refractivity (Wildman–Crippen MR) is 193 cm³/mol. The van der Waals surface area contributed by atoms with E-state index in [1.165, 1.54) is 4.90 Å². The molecule has 1 N–H and O–H groups in total. The molecule has 0 aromatic heterocycles. The zero-order valence-electron chi connectivity index (χ0n) is 27.5. The molecule has 0 radical (unpaired) electrons. The van der Waals surface area contributed by atoms with E-state index in [9.17, 15) is 18.0 Å². The minimum atomic E-state index is -4.19. The van der Waals surface area contributed by atoms with Crippen molar-refractivity contribution >= 4 is 50.7 Å². The van der Waals surface area contributed by atoms with Crippen molar-refractivity contribution < 1.29 is 18.0 Å². The summed E-state index contributed by atoms with van der Waals surface area (Å²) in [7, 11) is -4.19. The molecule has 1 saturated carbocycles. The highest BCUT2D eigenvalue weighted by atomic mass is 35.5. The van der Waals surface area contributed by atoms with Crippen LogP contribution in [-0.2, 0) is 32.6 Å². The number of benzene rings is 4. The Morgan fingerprint density at radius 1 is 0.792 bits per heavy atom. The first-order valence-electron chi connectivity index (χ1n) is 16.2. The van der Waals surface area contributed by atoms with Crippen LogP contribution >= 0.6 is 23.2 Å². The number of anilines is 1. The number of aryl methyl sites for hydroxylation is 3. The van der Waals surface area contributed by atoms with Gasteiger partial charge in [-0.3, -0.25) is 13.9 Å². The zero-order valence-corrected chi connectivity index (χ0v) is 29.8. The third-order valence-electron chi connectivity index (χ3n) is 8.69. The van der Waals surface area contributed by atoms with Crippen molar-refractivity contribution in [3.8, 4) is 0 Å². The molecule has 7 nitrogen and oxygen atoms in total. The lowest BCUT2D eigenvalue weighted by Gasteiger charge is -2.34. The number of carbonyl (C=O) groups is 2. The molecule has 5 rings (SSSR count). The summed E-state index contributed by atoms with van der Waals surface area (Å²) in [5, 5.41) is 3.87. The van der Waals surface area contributed by atoms with Gasteiger partial charge in [0.2, 0.25) is 11.8 Å². The van der Waals surface area contributed by atoms with Gasteiger partial charge in [0, 0.05) is 19.0 Å². The van der Waals surface area contributed by atoms with Crippen LogP contribution in [-0.4, -0.2) is 43.8 Å². The molecule has 1 aliphatic carbocycles. The molecule has 0 spiro atoms. The van der Waals surface area contributed by atoms with Crippen molar-refractivity contribution in [2.24, 2.45) is 0 Å². The number of halogens is 2. The van der Waals surface area contributed by atoms with Crippen molar-refractivity contribution in [3.63, 3.8) is 0 Å². The van der Waals surface area contributed by atoms with E-state index in [0.29, 0.717) is 21.3 Å². The third kappa shape index (κ3) is 8.78. The summed E-state index contributed by atoms with van der Waals surface area (Å²) in [4.78, 5) is 30.5. The predicted octanol–water partition coefficient (Wildman–Crippen LogP) is 7.81. The van der Waals surface area contributed by atoms with Crippen LogP contribution in [0.15, 0.2) is 95.9 Å². The van der Waals surface area contributed by atoms with E-state index in [4.69, 9.17) is 23.2 Å². The van der Waals surface area contributed by atoms with E-state index in [0.717, 1.165) is 52.2 Å². The second kappa shape index (κ2) is 15.6. The van der Waals surface area contributed by atoms with Gasteiger partial charge in [-0.2, -0.15) is 0 Å². The van der Waals surface area contributed by atoms with Crippen LogP contribution in [0, 0.1) is 20.8 Å². The zero-order chi connectivity index (χ0) is 34.4. The Morgan fingerprint density at radius 3 is 2.06 bits per heavy atom. The molecular weight excluding hydrogens is 665 g/mol. The van der Waals surface area contributed by atoms with Gasteiger partial charge in [0.1, 0.15) is 12.6 Å². The molecule has 1 fully saturated rings. The van der Waals surface area contributed by atoms with Crippen molar-refractivity contribution in [2.45, 2.75) is 76.4 Å². The molecule has 0 aliphatic heterocycles. The van der Waals surface area contributed by atoms with Gasteiger partial charge in [-0.15, -0.1) is 0 Å². The molecule has 0 unspecified atom stereocenters. The van der Waals surface area contributed by atoms with Crippen molar-refractivity contribution in [2.75, 3.05) is 10.8 Å². The summed E-state index contributed by atoms with van der Waals surface area (Å²) < 4.78 is 29.8. The number of amides is 2. The van der Waals surface area contributed by atoms with E-state index in [1.54, 1.807) is 54.6 Å². The summed E-state index contributed by atoms with van der Waals surface area (Å²) in [5.41, 5.74) is 4.51. The molecule has 48 heavy (non-hydrogen) atoms. The summed E-state index contributed by atoms with van der Waals surface area (Å²) in [5.74, 6) is -0.808. The maximum atomic E-state index is 14.7. The first-order valence-corrected chi connectivity index (χ1v) is 18.4. The fraction of sp³-hybridized carbons (Fsp3) is 0.316. The van der Waals surface area contributed by atoms with Crippen LogP contribution in [0.5, 0.6) is 0 Å². The fourth-order valence-electron chi connectivity index (χ4n) is 6.22. The molecule has 10 heteroatoms. The summed E-state index contributed by atoms with van der Waals surface area (Å²) in [6, 6.07) is 25.7. The van der Waals surface area contributed by atoms with Crippen molar-refractivity contribution in [3.05, 3.63) is 129 Å². The summed E-state index contributed by atoms with van der Waals surface area (Å²) in [6.07, 6.45) is 4.05. The minimum Gasteiger partial charge on any atom is -0.352 e. The van der Waals surface area contributed by atoms with Gasteiger partial charge in [-0.1, -0.05) is 96.2 Å². The maximum Gasteiger partial charge on any atom is 0.264 e. The van der Waals surface area contributed by atoms with E-state index in [1.807, 2.05) is 57.2 Å². The fourth-order valence-corrected chi connectivity index (χ4v) is 7.94. The van der Waals surface area contributed by atoms with Crippen molar-refractivity contribution in [1.29, 1.82) is 0 Å². The Bertz CT molecular complexity index is 1840. The molecule has 252 valence electrons. The lowest BCUT2D eigenvalue weighted by Crippen LogP contribution is -2.54. The number of sulfonamides is 1. The first-order chi connectivity index (χ1) is 22.9. The second-order valence-electron chi connectivity index (χ2n) is 12.6. The van der Waals surface area contributed by atoms with Gasteiger partial charge in [0.15, 0.2) is 0 Å². The number of nitrogens with one attached hydrogen (secondary N) is 1. The van der Waals surface area contributed by atoms with Crippen LogP contribution in [0.4, 0.5) is 5.69 Å². The number of carbonyl (C=O) groups excluding carboxylic acids is 2. The van der Waals surface area contributed by atoms with Gasteiger partial charge in [-0.25, -0.2) is 8.42 Å². The highest BCUT2D eigenvalue weighted by Gasteiger charge is 2.35. The standard InChI is InChI=1S/C38H41Cl2N3O4S/c1-26-13-16-33(17-14-26)48(46,47)43(32-20-27(2)19-28(3)21-32)25-37(44)42(24-30-15-18-34(39)35(40)22-30)36(23-29-9-5-4-6-10-29)38(45)41-31-11-7-8-12-31/h4-6,9-10,13-22,31,36H,7-8,11-12,23-25H2,1-3H3,(H,41,45)/t36-/m1/s1. The highest BCUT2D eigenvalue weighted by Crippen LogP contribution is 2.29. The summed E-state index contributed by atoms with van der Waals surface area (Å²) in [6.45, 7) is 5.13. The first kappa shape index (κ1) is 35.5. The summed E-state index contributed by atoms with van der Waals surface area (Å²) >= 11 is 12.6. The largest absolute Gasteiger partial charge is 0.352 e. The quantitative estimate of drug-likeness (QED) is 0.163. The Kier molecular flexibility index (Phi) is 11.5. The highest BCUT2D eigenvalue weighted by molar-refractivity contribution is 7.92. The van der Waals surface area contributed by atoms with Crippen LogP contribution < -0.4 is 9.62 Å². The molecule has 0 saturated heterocycles. The Hall–Kier alpha value is -3.85. The SMILES string of the molecule is Cc1ccc(S(=O)(=O)N(CC(=O)N(Cc2ccc(Cl)c(Cl)c2)[C@H](Cc2ccccc2)C(=O)NC2CCCC2)c2cc(C)cc(C)c2)cc1. The number of rotatable bonds is 12.